The molecule has 1 aromatic heterocycles. The molecule has 0 aromatic carbocycles. The van der Waals surface area contributed by atoms with Crippen LogP contribution < -0.4 is 10.6 Å². The van der Waals surface area contributed by atoms with Gasteiger partial charge < -0.3 is 10.6 Å². The van der Waals surface area contributed by atoms with Gasteiger partial charge in [-0.1, -0.05) is 13.8 Å². The van der Waals surface area contributed by atoms with Crippen LogP contribution in [0.15, 0.2) is 0 Å². The Bertz CT molecular complexity index is 351. The summed E-state index contributed by atoms with van der Waals surface area (Å²) in [5.41, 5.74) is 3.18. The van der Waals surface area contributed by atoms with Gasteiger partial charge >= 0.3 is 0 Å². The van der Waals surface area contributed by atoms with Crippen LogP contribution >= 0.6 is 0 Å². The lowest BCUT2D eigenvalue weighted by Gasteiger charge is -2.08. The second kappa shape index (κ2) is 6.39. The Kier molecular flexibility index (Phi) is 5.15. The van der Waals surface area contributed by atoms with Crippen molar-refractivity contribution < 1.29 is 4.79 Å². The first-order valence-electron chi connectivity index (χ1n) is 5.98. The van der Waals surface area contributed by atoms with Gasteiger partial charge in [-0.05, 0) is 19.8 Å². The minimum atomic E-state index is 0.0394. The van der Waals surface area contributed by atoms with Crippen molar-refractivity contribution in [1.29, 1.82) is 0 Å². The van der Waals surface area contributed by atoms with Gasteiger partial charge in [-0.3, -0.25) is 9.89 Å². The van der Waals surface area contributed by atoms with E-state index in [0.29, 0.717) is 19.0 Å². The summed E-state index contributed by atoms with van der Waals surface area (Å²) in [5.74, 6) is 0.523. The Morgan fingerprint density at radius 3 is 2.65 bits per heavy atom. The fraction of sp³-hybridized carbons (Fsp3) is 0.667. The van der Waals surface area contributed by atoms with Crippen molar-refractivity contribution in [2.24, 2.45) is 5.92 Å². The van der Waals surface area contributed by atoms with Crippen molar-refractivity contribution in [3.63, 3.8) is 0 Å². The molecule has 0 aliphatic heterocycles. The van der Waals surface area contributed by atoms with Gasteiger partial charge in [0, 0.05) is 24.3 Å². The lowest BCUT2D eigenvalue weighted by Crippen LogP contribution is -2.35. The summed E-state index contributed by atoms with van der Waals surface area (Å²) in [5, 5.41) is 13.0. The normalized spacial score (nSPS) is 10.9. The number of nitrogens with zero attached hydrogens (tertiary/aromatic N) is 1. The minimum Gasteiger partial charge on any atom is -0.355 e. The quantitative estimate of drug-likeness (QED) is 0.689. The van der Waals surface area contributed by atoms with Crippen LogP contribution in [0.2, 0.25) is 0 Å². The number of rotatable bonds is 6. The molecule has 0 saturated carbocycles. The molecule has 0 unspecified atom stereocenters. The third-order valence-electron chi connectivity index (χ3n) is 2.58. The van der Waals surface area contributed by atoms with Gasteiger partial charge in [0.05, 0.1) is 12.2 Å². The van der Waals surface area contributed by atoms with E-state index in [0.717, 1.165) is 23.5 Å². The molecule has 1 aromatic rings. The molecule has 0 spiro atoms. The SMILES string of the molecule is Cc1n[nH]c(C)c1CNCC(=O)NCC(C)C. The highest BCUT2D eigenvalue weighted by Crippen LogP contribution is 2.07. The third kappa shape index (κ3) is 4.56. The monoisotopic (exact) mass is 238 g/mol. The highest BCUT2D eigenvalue weighted by atomic mass is 16.1. The molecule has 3 N–H and O–H groups in total. The number of aromatic amines is 1. The average Bonchev–Trinajstić information content (AvgIpc) is 2.57. The molecule has 0 bridgehead atoms. The van der Waals surface area contributed by atoms with Crippen molar-refractivity contribution in [2.75, 3.05) is 13.1 Å². The van der Waals surface area contributed by atoms with Crippen LogP contribution in [0.1, 0.15) is 30.8 Å². The van der Waals surface area contributed by atoms with Crippen LogP contribution in [-0.2, 0) is 11.3 Å². The molecule has 1 heterocycles. The van der Waals surface area contributed by atoms with E-state index in [1.807, 2.05) is 13.8 Å². The first kappa shape index (κ1) is 13.7. The van der Waals surface area contributed by atoms with Gasteiger partial charge in [0.1, 0.15) is 0 Å². The fourth-order valence-electron chi connectivity index (χ4n) is 1.52. The number of amides is 1. The Balaban J connectivity index is 2.26. The van der Waals surface area contributed by atoms with Gasteiger partial charge in [-0.25, -0.2) is 0 Å². The molecule has 0 atom stereocenters. The lowest BCUT2D eigenvalue weighted by molar-refractivity contribution is -0.120. The largest absolute Gasteiger partial charge is 0.355 e. The number of H-pyrrole nitrogens is 1. The van der Waals surface area contributed by atoms with Crippen molar-refractivity contribution in [2.45, 2.75) is 34.2 Å². The average molecular weight is 238 g/mol. The Morgan fingerprint density at radius 2 is 2.12 bits per heavy atom. The first-order valence-corrected chi connectivity index (χ1v) is 5.98. The Labute approximate surface area is 102 Å². The number of nitrogens with one attached hydrogen (secondary N) is 3. The summed E-state index contributed by atoms with van der Waals surface area (Å²) in [6.07, 6.45) is 0. The molecule has 1 rings (SSSR count). The predicted octanol–water partition coefficient (Wildman–Crippen LogP) is 0.888. The fourth-order valence-corrected chi connectivity index (χ4v) is 1.52. The van der Waals surface area contributed by atoms with Crippen molar-refractivity contribution in [3.8, 4) is 0 Å². The zero-order valence-electron chi connectivity index (χ0n) is 11.1. The number of carbonyl (C=O) groups excluding carboxylic acids is 1. The van der Waals surface area contributed by atoms with Gasteiger partial charge in [-0.15, -0.1) is 0 Å². The molecule has 0 aliphatic carbocycles. The van der Waals surface area contributed by atoms with Crippen LogP contribution in [0.25, 0.3) is 0 Å². The maximum atomic E-state index is 11.4. The van der Waals surface area contributed by atoms with Crippen molar-refractivity contribution >= 4 is 5.91 Å². The third-order valence-corrected chi connectivity index (χ3v) is 2.58. The van der Waals surface area contributed by atoms with Crippen LogP contribution in [-0.4, -0.2) is 29.2 Å². The van der Waals surface area contributed by atoms with E-state index < -0.39 is 0 Å². The van der Waals surface area contributed by atoms with Crippen molar-refractivity contribution in [1.82, 2.24) is 20.8 Å². The summed E-state index contributed by atoms with van der Waals surface area (Å²) in [7, 11) is 0. The first-order chi connectivity index (χ1) is 8.00. The van der Waals surface area contributed by atoms with Gasteiger partial charge in [0.2, 0.25) is 5.91 Å². The zero-order valence-corrected chi connectivity index (χ0v) is 11.1. The molecular weight excluding hydrogens is 216 g/mol. The van der Waals surface area contributed by atoms with E-state index in [2.05, 4.69) is 34.7 Å². The molecular formula is C12H22N4O. The zero-order chi connectivity index (χ0) is 12.8. The maximum absolute atomic E-state index is 11.4. The van der Waals surface area contributed by atoms with Gasteiger partial charge in [0.15, 0.2) is 0 Å². The van der Waals surface area contributed by atoms with Crippen LogP contribution in [0.4, 0.5) is 0 Å². The number of hydrogen-bond acceptors (Lipinski definition) is 3. The second-order valence-corrected chi connectivity index (χ2v) is 4.71. The highest BCUT2D eigenvalue weighted by Gasteiger charge is 2.07. The summed E-state index contributed by atoms with van der Waals surface area (Å²) < 4.78 is 0. The molecule has 5 heteroatoms. The topological polar surface area (TPSA) is 69.8 Å². The molecule has 1 amide bonds. The van der Waals surface area contributed by atoms with Crippen molar-refractivity contribution in [3.05, 3.63) is 17.0 Å². The van der Waals surface area contributed by atoms with E-state index in [9.17, 15) is 4.79 Å². The van der Waals surface area contributed by atoms with Gasteiger partial charge in [0.25, 0.3) is 0 Å². The molecule has 5 nitrogen and oxygen atoms in total. The van der Waals surface area contributed by atoms with E-state index >= 15 is 0 Å². The van der Waals surface area contributed by atoms with E-state index in [-0.39, 0.29) is 5.91 Å². The molecule has 0 saturated heterocycles. The molecule has 0 aliphatic rings. The Morgan fingerprint density at radius 1 is 1.41 bits per heavy atom. The van der Waals surface area contributed by atoms with Gasteiger partial charge in [-0.2, -0.15) is 5.10 Å². The van der Waals surface area contributed by atoms with E-state index in [1.54, 1.807) is 0 Å². The number of carbonyl (C=O) groups is 1. The summed E-state index contributed by atoms with van der Waals surface area (Å²) in [6.45, 7) is 9.83. The number of aromatic nitrogens is 2. The summed E-state index contributed by atoms with van der Waals surface area (Å²) in [4.78, 5) is 11.4. The summed E-state index contributed by atoms with van der Waals surface area (Å²) >= 11 is 0. The standard InChI is InChI=1S/C12H22N4O/c1-8(2)5-14-12(17)7-13-6-11-9(3)15-16-10(11)4/h8,13H,5-7H2,1-4H3,(H,14,17)(H,15,16). The molecule has 17 heavy (non-hydrogen) atoms. The molecule has 0 radical (unpaired) electrons. The number of aryl methyl sites for hydroxylation is 2. The van der Waals surface area contributed by atoms with E-state index in [4.69, 9.17) is 0 Å². The number of hydrogen-bond donors (Lipinski definition) is 3. The maximum Gasteiger partial charge on any atom is 0.233 e. The van der Waals surface area contributed by atoms with Crippen LogP contribution in [0.5, 0.6) is 0 Å². The molecule has 96 valence electrons. The van der Waals surface area contributed by atoms with Crippen LogP contribution in [0.3, 0.4) is 0 Å². The highest BCUT2D eigenvalue weighted by molar-refractivity contribution is 5.77. The summed E-state index contributed by atoms with van der Waals surface area (Å²) in [6, 6.07) is 0. The van der Waals surface area contributed by atoms with E-state index in [1.165, 1.54) is 0 Å². The van der Waals surface area contributed by atoms with Crippen LogP contribution in [0, 0.1) is 19.8 Å². The smallest absolute Gasteiger partial charge is 0.233 e. The predicted molar refractivity (Wildman–Crippen MR) is 67.6 cm³/mol. The Hall–Kier alpha value is -1.36. The minimum absolute atomic E-state index is 0.0394. The molecule has 0 fully saturated rings. The lowest BCUT2D eigenvalue weighted by atomic mass is 10.2. The second-order valence-electron chi connectivity index (χ2n) is 4.71.